The second-order valence-corrected chi connectivity index (χ2v) is 6.62. The van der Waals surface area contributed by atoms with E-state index in [2.05, 4.69) is 72.8 Å². The molecule has 0 bridgehead atoms. The molecule has 3 rings (SSSR count). The molecular formula is C18H21IN2OS. The van der Waals surface area contributed by atoms with Gasteiger partial charge in [0.25, 0.3) is 0 Å². The minimum absolute atomic E-state index is 0. The first kappa shape index (κ1) is 18.3. The molecule has 0 saturated heterocycles. The molecule has 3 nitrogen and oxygen atoms in total. The lowest BCUT2D eigenvalue weighted by atomic mass is 10.1. The molecule has 0 amide bonds. The predicted molar refractivity (Wildman–Crippen MR) is 91.9 cm³/mol. The number of aliphatic hydroxyl groups excluding tert-OH is 1. The summed E-state index contributed by atoms with van der Waals surface area (Å²) in [7, 11) is 2.11. The molecule has 1 aromatic heterocycles. The summed E-state index contributed by atoms with van der Waals surface area (Å²) < 4.78 is 2.14. The zero-order chi connectivity index (χ0) is 15.7. The van der Waals surface area contributed by atoms with Crippen LogP contribution in [-0.4, -0.2) is 18.8 Å². The number of pyridine rings is 1. The number of rotatable bonds is 3. The minimum atomic E-state index is 0. The molecule has 0 aliphatic carbocycles. The first-order valence-electron chi connectivity index (χ1n) is 7.44. The number of thioether (sulfide) groups is 1. The van der Waals surface area contributed by atoms with E-state index in [-0.39, 0.29) is 30.6 Å². The number of nitrogens with zero attached hydrogens (tertiary/aromatic N) is 2. The lowest BCUT2D eigenvalue weighted by molar-refractivity contribution is -0.709. The second kappa shape index (κ2) is 7.68. The van der Waals surface area contributed by atoms with Crippen molar-refractivity contribution in [3.05, 3.63) is 58.4 Å². The molecule has 122 valence electrons. The van der Waals surface area contributed by atoms with Crippen LogP contribution in [0.2, 0.25) is 0 Å². The van der Waals surface area contributed by atoms with E-state index < -0.39 is 0 Å². The highest BCUT2D eigenvalue weighted by Crippen LogP contribution is 2.45. The number of fused-ring (bicyclic) bond motifs is 1. The monoisotopic (exact) mass is 440 g/mol. The third kappa shape index (κ3) is 3.72. The van der Waals surface area contributed by atoms with Crippen molar-refractivity contribution < 1.29 is 33.7 Å². The third-order valence-corrected chi connectivity index (χ3v) is 5.15. The molecule has 1 aliphatic heterocycles. The molecule has 1 aliphatic rings. The van der Waals surface area contributed by atoms with Crippen molar-refractivity contribution in [3.63, 3.8) is 0 Å². The third-order valence-electron chi connectivity index (χ3n) is 3.99. The van der Waals surface area contributed by atoms with E-state index in [0.29, 0.717) is 6.54 Å². The van der Waals surface area contributed by atoms with Crippen LogP contribution in [0.5, 0.6) is 0 Å². The number of anilines is 1. The summed E-state index contributed by atoms with van der Waals surface area (Å²) in [6, 6.07) is 12.8. The van der Waals surface area contributed by atoms with Crippen LogP contribution in [0.25, 0.3) is 6.08 Å². The fourth-order valence-electron chi connectivity index (χ4n) is 2.88. The first-order valence-corrected chi connectivity index (χ1v) is 8.26. The van der Waals surface area contributed by atoms with Crippen molar-refractivity contribution in [2.45, 2.75) is 25.3 Å². The molecule has 2 heterocycles. The molecule has 2 aromatic rings. The van der Waals surface area contributed by atoms with Crippen molar-refractivity contribution in [1.82, 2.24) is 0 Å². The Morgan fingerprint density at radius 2 is 1.83 bits per heavy atom. The Kier molecular flexibility index (Phi) is 6.11. The summed E-state index contributed by atoms with van der Waals surface area (Å²) in [6.45, 7) is 4.99. The Balaban J connectivity index is 0.00000192. The fourth-order valence-corrected chi connectivity index (χ4v) is 4.00. The van der Waals surface area contributed by atoms with E-state index in [0.717, 1.165) is 0 Å². The van der Waals surface area contributed by atoms with Crippen molar-refractivity contribution in [1.29, 1.82) is 0 Å². The van der Waals surface area contributed by atoms with Gasteiger partial charge in [0.2, 0.25) is 0 Å². The van der Waals surface area contributed by atoms with Crippen molar-refractivity contribution in [2.24, 2.45) is 0 Å². The van der Waals surface area contributed by atoms with Crippen LogP contribution in [0.4, 0.5) is 5.69 Å². The zero-order valence-corrected chi connectivity index (χ0v) is 16.6. The number of hydrogen-bond acceptors (Lipinski definition) is 3. The number of para-hydroxylation sites is 1. The summed E-state index contributed by atoms with van der Waals surface area (Å²) in [4.78, 5) is 3.54. The van der Waals surface area contributed by atoms with Crippen LogP contribution in [0.15, 0.2) is 46.3 Å². The highest BCUT2D eigenvalue weighted by Gasteiger charge is 2.21. The lowest BCUT2D eigenvalue weighted by Crippen LogP contribution is -3.00. The Bertz CT molecular complexity index is 723. The fraction of sp³-hybridized carbons (Fsp3) is 0.278. The van der Waals surface area contributed by atoms with Crippen LogP contribution in [-0.2, 0) is 6.54 Å². The summed E-state index contributed by atoms with van der Waals surface area (Å²) >= 11 is 1.81. The molecule has 0 saturated carbocycles. The van der Waals surface area contributed by atoms with Crippen LogP contribution < -0.4 is 33.4 Å². The van der Waals surface area contributed by atoms with Gasteiger partial charge in [0.15, 0.2) is 17.9 Å². The SMILES string of the molecule is Cc1cc(/C=C2\Sc3ccccc3N2C)cc(C)[n+]1CCO.[I-]. The summed E-state index contributed by atoms with van der Waals surface area (Å²) in [5.41, 5.74) is 4.80. The van der Waals surface area contributed by atoms with E-state index in [9.17, 15) is 0 Å². The average Bonchev–Trinajstić information content (AvgIpc) is 2.80. The summed E-state index contributed by atoms with van der Waals surface area (Å²) in [6.07, 6.45) is 2.23. The molecule has 1 aromatic carbocycles. The molecule has 1 N–H and O–H groups in total. The molecule has 0 spiro atoms. The van der Waals surface area contributed by atoms with Gasteiger partial charge < -0.3 is 34.0 Å². The highest BCUT2D eigenvalue weighted by molar-refractivity contribution is 8.03. The van der Waals surface area contributed by atoms with Crippen molar-refractivity contribution in [3.8, 4) is 0 Å². The van der Waals surface area contributed by atoms with Crippen LogP contribution >= 0.6 is 11.8 Å². The second-order valence-electron chi connectivity index (χ2n) is 5.56. The van der Waals surface area contributed by atoms with Crippen LogP contribution in [0.1, 0.15) is 17.0 Å². The molecule has 0 unspecified atom stereocenters. The van der Waals surface area contributed by atoms with E-state index in [1.807, 2.05) is 0 Å². The zero-order valence-electron chi connectivity index (χ0n) is 13.6. The Hall–Kier alpha value is -1.05. The smallest absolute Gasteiger partial charge is 0.179 e. The molecule has 0 atom stereocenters. The maximum atomic E-state index is 9.16. The normalized spacial score (nSPS) is 14.8. The van der Waals surface area contributed by atoms with Gasteiger partial charge in [-0.1, -0.05) is 23.9 Å². The number of aryl methyl sites for hydroxylation is 2. The van der Waals surface area contributed by atoms with E-state index >= 15 is 0 Å². The largest absolute Gasteiger partial charge is 1.00 e. The summed E-state index contributed by atoms with van der Waals surface area (Å²) in [5.74, 6) is 0. The predicted octanol–water partition coefficient (Wildman–Crippen LogP) is 0.128. The van der Waals surface area contributed by atoms with Gasteiger partial charge in [0.1, 0.15) is 6.61 Å². The number of benzene rings is 1. The number of halogens is 1. The Morgan fingerprint density at radius 3 is 2.43 bits per heavy atom. The van der Waals surface area contributed by atoms with Crippen molar-refractivity contribution in [2.75, 3.05) is 18.6 Å². The Labute approximate surface area is 159 Å². The van der Waals surface area contributed by atoms with Gasteiger partial charge in [-0.15, -0.1) is 0 Å². The van der Waals surface area contributed by atoms with Gasteiger partial charge in [-0.05, 0) is 23.8 Å². The topological polar surface area (TPSA) is 27.4 Å². The van der Waals surface area contributed by atoms with Crippen LogP contribution in [0, 0.1) is 13.8 Å². The maximum absolute atomic E-state index is 9.16. The maximum Gasteiger partial charge on any atom is 0.179 e. The van der Waals surface area contributed by atoms with E-state index in [1.165, 1.54) is 32.6 Å². The van der Waals surface area contributed by atoms with Gasteiger partial charge in [0, 0.05) is 37.9 Å². The number of hydrogen-bond donors (Lipinski definition) is 1. The Morgan fingerprint density at radius 1 is 1.17 bits per heavy atom. The highest BCUT2D eigenvalue weighted by atomic mass is 127. The number of aromatic nitrogens is 1. The van der Waals surface area contributed by atoms with E-state index in [4.69, 9.17) is 5.11 Å². The van der Waals surface area contributed by atoms with Gasteiger partial charge in [-0.3, -0.25) is 0 Å². The lowest BCUT2D eigenvalue weighted by Gasteiger charge is -2.13. The van der Waals surface area contributed by atoms with E-state index in [1.54, 1.807) is 11.8 Å². The van der Waals surface area contributed by atoms with Crippen molar-refractivity contribution >= 4 is 23.5 Å². The molecule has 23 heavy (non-hydrogen) atoms. The minimum Gasteiger partial charge on any atom is -1.00 e. The quantitative estimate of drug-likeness (QED) is 0.543. The van der Waals surface area contributed by atoms with Gasteiger partial charge in [-0.2, -0.15) is 4.57 Å². The molecule has 0 radical (unpaired) electrons. The molecule has 5 heteroatoms. The standard InChI is InChI=1S/C18H21N2OS.HI/c1-13-10-15(11-14(2)20(13)8-9-21)12-18-19(3)16-6-4-5-7-17(16)22-18;/h4-7,10-12,21H,8-9H2,1-3H3;1H/q+1;/p-1. The van der Waals surface area contributed by atoms with Gasteiger partial charge in [-0.25, -0.2) is 0 Å². The summed E-state index contributed by atoms with van der Waals surface area (Å²) in [5, 5.41) is 10.4. The van der Waals surface area contributed by atoms with Gasteiger partial charge >= 0.3 is 0 Å². The molecular weight excluding hydrogens is 419 g/mol. The first-order chi connectivity index (χ1) is 10.6. The average molecular weight is 440 g/mol. The van der Waals surface area contributed by atoms with Crippen LogP contribution in [0.3, 0.4) is 0 Å². The molecule has 0 fully saturated rings. The van der Waals surface area contributed by atoms with Gasteiger partial charge in [0.05, 0.1) is 10.7 Å². The number of aliphatic hydroxyl groups is 1.